The molecule has 3 rings (SSSR count). The van der Waals surface area contributed by atoms with Crippen molar-refractivity contribution in [3.8, 4) is 0 Å². The Labute approximate surface area is 131 Å². The molecular formula is C18H21ClN2. The van der Waals surface area contributed by atoms with Gasteiger partial charge in [0.1, 0.15) is 0 Å². The number of hydrogen-bond donors (Lipinski definition) is 2. The number of halogens is 1. The van der Waals surface area contributed by atoms with Crippen LogP contribution in [-0.4, -0.2) is 19.6 Å². The van der Waals surface area contributed by atoms with E-state index < -0.39 is 0 Å². The van der Waals surface area contributed by atoms with Crippen LogP contribution in [0.3, 0.4) is 0 Å². The molecule has 1 heterocycles. The molecule has 110 valence electrons. The smallest absolute Gasteiger partial charge is 0.0407 e. The standard InChI is InChI=1S/C18H21ClN2/c19-17-6-8-18(9-7-17)21-13-16-12-20-11-15(16)10-14-4-2-1-3-5-14/h1-9,15-16,20-21H,10-13H2/t15-,16+/m0/s1. The van der Waals surface area contributed by atoms with Gasteiger partial charge in [-0.2, -0.15) is 0 Å². The number of benzene rings is 2. The fourth-order valence-corrected chi connectivity index (χ4v) is 3.12. The van der Waals surface area contributed by atoms with Crippen molar-refractivity contribution < 1.29 is 0 Å². The predicted octanol–water partition coefficient (Wildman–Crippen LogP) is 3.83. The van der Waals surface area contributed by atoms with Gasteiger partial charge < -0.3 is 10.6 Å². The van der Waals surface area contributed by atoms with Crippen LogP contribution in [-0.2, 0) is 6.42 Å². The molecule has 0 aliphatic carbocycles. The number of hydrogen-bond acceptors (Lipinski definition) is 2. The lowest BCUT2D eigenvalue weighted by molar-refractivity contribution is 0.435. The van der Waals surface area contributed by atoms with E-state index in [4.69, 9.17) is 11.6 Å². The molecule has 1 aliphatic rings. The zero-order chi connectivity index (χ0) is 14.5. The number of nitrogens with one attached hydrogen (secondary N) is 2. The molecule has 0 unspecified atom stereocenters. The molecule has 0 saturated carbocycles. The third-order valence-corrected chi connectivity index (χ3v) is 4.49. The van der Waals surface area contributed by atoms with Crippen LogP contribution in [0.4, 0.5) is 5.69 Å². The van der Waals surface area contributed by atoms with Gasteiger partial charge in [0.2, 0.25) is 0 Å². The van der Waals surface area contributed by atoms with Gasteiger partial charge >= 0.3 is 0 Å². The van der Waals surface area contributed by atoms with E-state index in [9.17, 15) is 0 Å². The second-order valence-electron chi connectivity index (χ2n) is 5.76. The minimum Gasteiger partial charge on any atom is -0.385 e. The molecule has 21 heavy (non-hydrogen) atoms. The molecule has 2 aromatic carbocycles. The van der Waals surface area contributed by atoms with Crippen molar-refractivity contribution in [1.29, 1.82) is 0 Å². The SMILES string of the molecule is Clc1ccc(NC[C@H]2CNC[C@@H]2Cc2ccccc2)cc1. The molecule has 0 bridgehead atoms. The molecule has 1 fully saturated rings. The fraction of sp³-hybridized carbons (Fsp3) is 0.333. The number of rotatable bonds is 5. The molecule has 0 amide bonds. The monoisotopic (exact) mass is 300 g/mol. The Hall–Kier alpha value is -1.51. The van der Waals surface area contributed by atoms with Crippen LogP contribution in [0.25, 0.3) is 0 Å². The van der Waals surface area contributed by atoms with Gasteiger partial charge in [0.25, 0.3) is 0 Å². The van der Waals surface area contributed by atoms with E-state index in [0.717, 1.165) is 36.8 Å². The summed E-state index contributed by atoms with van der Waals surface area (Å²) in [4.78, 5) is 0. The Morgan fingerprint density at radius 2 is 1.67 bits per heavy atom. The third kappa shape index (κ3) is 3.99. The van der Waals surface area contributed by atoms with Gasteiger partial charge in [0.15, 0.2) is 0 Å². The maximum absolute atomic E-state index is 5.91. The highest BCUT2D eigenvalue weighted by molar-refractivity contribution is 6.30. The Balaban J connectivity index is 1.55. The molecule has 3 heteroatoms. The van der Waals surface area contributed by atoms with Gasteiger partial charge in [-0.1, -0.05) is 41.9 Å². The van der Waals surface area contributed by atoms with E-state index in [2.05, 4.69) is 41.0 Å². The Morgan fingerprint density at radius 1 is 0.952 bits per heavy atom. The van der Waals surface area contributed by atoms with Crippen molar-refractivity contribution in [2.45, 2.75) is 6.42 Å². The Bertz CT molecular complexity index is 553. The molecule has 0 aromatic heterocycles. The summed E-state index contributed by atoms with van der Waals surface area (Å²) >= 11 is 5.91. The summed E-state index contributed by atoms with van der Waals surface area (Å²) in [6.07, 6.45) is 1.15. The molecule has 1 aliphatic heterocycles. The van der Waals surface area contributed by atoms with Crippen LogP contribution in [0.1, 0.15) is 5.56 Å². The first-order valence-corrected chi connectivity index (χ1v) is 7.93. The average Bonchev–Trinajstić information content (AvgIpc) is 2.95. The lowest BCUT2D eigenvalue weighted by Gasteiger charge is -2.19. The van der Waals surface area contributed by atoms with E-state index >= 15 is 0 Å². The lowest BCUT2D eigenvalue weighted by Crippen LogP contribution is -2.23. The van der Waals surface area contributed by atoms with Gasteiger partial charge in [0.05, 0.1) is 0 Å². The third-order valence-electron chi connectivity index (χ3n) is 4.23. The van der Waals surface area contributed by atoms with Crippen molar-refractivity contribution in [2.24, 2.45) is 11.8 Å². The van der Waals surface area contributed by atoms with Crippen LogP contribution in [0.2, 0.25) is 5.02 Å². The highest BCUT2D eigenvalue weighted by Gasteiger charge is 2.26. The maximum Gasteiger partial charge on any atom is 0.0407 e. The first-order valence-electron chi connectivity index (χ1n) is 7.55. The first kappa shape index (κ1) is 14.4. The lowest BCUT2D eigenvalue weighted by atomic mass is 9.89. The minimum atomic E-state index is 0.667. The van der Waals surface area contributed by atoms with E-state index in [1.807, 2.05) is 24.3 Å². The molecule has 2 atom stereocenters. The largest absolute Gasteiger partial charge is 0.385 e. The van der Waals surface area contributed by atoms with Crippen molar-refractivity contribution in [3.05, 3.63) is 65.2 Å². The molecule has 1 saturated heterocycles. The molecule has 0 radical (unpaired) electrons. The zero-order valence-electron chi connectivity index (χ0n) is 12.1. The number of anilines is 1. The second-order valence-corrected chi connectivity index (χ2v) is 6.19. The van der Waals surface area contributed by atoms with E-state index in [1.54, 1.807) is 0 Å². The minimum absolute atomic E-state index is 0.667. The van der Waals surface area contributed by atoms with E-state index in [-0.39, 0.29) is 0 Å². The summed E-state index contributed by atoms with van der Waals surface area (Å²) < 4.78 is 0. The molecule has 2 nitrogen and oxygen atoms in total. The Kier molecular flexibility index (Phi) is 4.79. The van der Waals surface area contributed by atoms with E-state index in [1.165, 1.54) is 5.56 Å². The highest BCUT2D eigenvalue weighted by Crippen LogP contribution is 2.22. The van der Waals surface area contributed by atoms with Crippen LogP contribution < -0.4 is 10.6 Å². The highest BCUT2D eigenvalue weighted by atomic mass is 35.5. The van der Waals surface area contributed by atoms with Gasteiger partial charge in [-0.3, -0.25) is 0 Å². The van der Waals surface area contributed by atoms with Crippen LogP contribution in [0, 0.1) is 11.8 Å². The van der Waals surface area contributed by atoms with Gasteiger partial charge in [-0.05, 0) is 61.2 Å². The summed E-state index contributed by atoms with van der Waals surface area (Å²) in [5, 5.41) is 7.84. The summed E-state index contributed by atoms with van der Waals surface area (Å²) in [5.41, 5.74) is 2.58. The summed E-state index contributed by atoms with van der Waals surface area (Å²) in [5.74, 6) is 1.37. The maximum atomic E-state index is 5.91. The van der Waals surface area contributed by atoms with Gasteiger partial charge in [-0.15, -0.1) is 0 Å². The quantitative estimate of drug-likeness (QED) is 0.877. The first-order chi connectivity index (χ1) is 10.3. The van der Waals surface area contributed by atoms with Crippen molar-refractivity contribution in [3.63, 3.8) is 0 Å². The average molecular weight is 301 g/mol. The van der Waals surface area contributed by atoms with Crippen LogP contribution in [0.5, 0.6) is 0 Å². The normalized spacial score (nSPS) is 21.4. The summed E-state index contributed by atoms with van der Waals surface area (Å²) in [7, 11) is 0. The Morgan fingerprint density at radius 3 is 2.43 bits per heavy atom. The van der Waals surface area contributed by atoms with Gasteiger partial charge in [-0.25, -0.2) is 0 Å². The van der Waals surface area contributed by atoms with Crippen molar-refractivity contribution in [2.75, 3.05) is 25.0 Å². The summed E-state index contributed by atoms with van der Waals surface area (Å²) in [6, 6.07) is 18.7. The van der Waals surface area contributed by atoms with Gasteiger partial charge in [0, 0.05) is 17.3 Å². The predicted molar refractivity (Wildman–Crippen MR) is 89.9 cm³/mol. The summed E-state index contributed by atoms with van der Waals surface area (Å²) in [6.45, 7) is 3.21. The molecule has 2 aromatic rings. The van der Waals surface area contributed by atoms with E-state index in [0.29, 0.717) is 11.8 Å². The zero-order valence-corrected chi connectivity index (χ0v) is 12.8. The topological polar surface area (TPSA) is 24.1 Å². The molecule has 2 N–H and O–H groups in total. The van der Waals surface area contributed by atoms with Crippen molar-refractivity contribution >= 4 is 17.3 Å². The fourth-order valence-electron chi connectivity index (χ4n) is 3.00. The van der Waals surface area contributed by atoms with Crippen LogP contribution in [0.15, 0.2) is 54.6 Å². The molecule has 0 spiro atoms. The second kappa shape index (κ2) is 6.97. The van der Waals surface area contributed by atoms with Crippen molar-refractivity contribution in [1.82, 2.24) is 5.32 Å². The van der Waals surface area contributed by atoms with Crippen LogP contribution >= 0.6 is 11.6 Å². The molecular weight excluding hydrogens is 280 g/mol.